The van der Waals surface area contributed by atoms with Crippen molar-refractivity contribution in [3.8, 4) is 5.88 Å². The lowest BCUT2D eigenvalue weighted by atomic mass is 10.1. The van der Waals surface area contributed by atoms with Crippen LogP contribution in [0.15, 0.2) is 62.8 Å². The monoisotopic (exact) mass is 418 g/mol. The predicted molar refractivity (Wildman–Crippen MR) is 104 cm³/mol. The molecule has 2 aliphatic rings. The van der Waals surface area contributed by atoms with Gasteiger partial charge in [0.15, 0.2) is 5.13 Å². The maximum absolute atomic E-state index is 10.1. The zero-order chi connectivity index (χ0) is 16.5. The zero-order valence-corrected chi connectivity index (χ0v) is 15.4. The highest BCUT2D eigenvalue weighted by Crippen LogP contribution is 2.35. The molecular weight excluding hydrogens is 408 g/mol. The van der Waals surface area contributed by atoms with Gasteiger partial charge in [-0.15, -0.1) is 0 Å². The van der Waals surface area contributed by atoms with Crippen molar-refractivity contribution < 1.29 is 5.11 Å². The molecule has 0 spiro atoms. The van der Waals surface area contributed by atoms with Crippen molar-refractivity contribution in [2.75, 3.05) is 5.32 Å². The average molecular weight is 419 g/mol. The number of allylic oxidation sites excluding steroid dienone is 4. The highest BCUT2D eigenvalue weighted by atomic mass is 79.9. The Bertz CT molecular complexity index is 917. The van der Waals surface area contributed by atoms with E-state index >= 15 is 0 Å². The normalized spacial score (nSPS) is 17.3. The summed E-state index contributed by atoms with van der Waals surface area (Å²) in [5.74, 6) is 0.0192. The molecule has 3 heterocycles. The largest absolute Gasteiger partial charge is 0.492 e. The lowest BCUT2D eigenvalue weighted by molar-refractivity contribution is 0.457. The molecule has 24 heavy (non-hydrogen) atoms. The van der Waals surface area contributed by atoms with Gasteiger partial charge in [0.2, 0.25) is 5.88 Å². The molecule has 2 N–H and O–H groups in total. The Morgan fingerprint density at radius 1 is 1.29 bits per heavy atom. The number of hydrogen-bond donors (Lipinski definition) is 2. The Kier molecular flexibility index (Phi) is 4.17. The molecule has 0 bridgehead atoms. The van der Waals surface area contributed by atoms with Crippen molar-refractivity contribution in [2.24, 2.45) is 4.40 Å². The maximum Gasteiger partial charge on any atom is 0.231 e. The van der Waals surface area contributed by atoms with Crippen molar-refractivity contribution in [1.29, 1.82) is 0 Å². The van der Waals surface area contributed by atoms with Crippen LogP contribution in [0.3, 0.4) is 0 Å². The summed E-state index contributed by atoms with van der Waals surface area (Å²) in [5, 5.41) is 14.0. The highest BCUT2D eigenvalue weighted by molar-refractivity contribution is 9.10. The molecule has 5 nitrogen and oxygen atoms in total. The standard InChI is InChI=1S/C16H11BrN4OS2/c17-12-3-1-2-4-13(12)19-16-20-15(22)14(23-16)8-10-5-6-21-11(7-10)9-18-24-21/h1-9,22H,(H,19,20). The van der Waals surface area contributed by atoms with Crippen LogP contribution in [-0.4, -0.2) is 20.6 Å². The zero-order valence-electron chi connectivity index (χ0n) is 12.2. The molecule has 120 valence electrons. The lowest BCUT2D eigenvalue weighted by Gasteiger charge is -2.14. The van der Waals surface area contributed by atoms with Crippen LogP contribution in [0.2, 0.25) is 0 Å². The van der Waals surface area contributed by atoms with Gasteiger partial charge in [0, 0.05) is 10.7 Å². The third-order valence-corrected chi connectivity index (χ3v) is 5.65. The van der Waals surface area contributed by atoms with Gasteiger partial charge in [-0.2, -0.15) is 4.98 Å². The Hall–Kier alpha value is -2.03. The van der Waals surface area contributed by atoms with Gasteiger partial charge in [-0.25, -0.2) is 4.40 Å². The van der Waals surface area contributed by atoms with E-state index in [4.69, 9.17) is 0 Å². The smallest absolute Gasteiger partial charge is 0.231 e. The summed E-state index contributed by atoms with van der Waals surface area (Å²) in [6.07, 6.45) is 9.68. The van der Waals surface area contributed by atoms with Crippen LogP contribution in [0.25, 0.3) is 6.08 Å². The fourth-order valence-corrected chi connectivity index (χ4v) is 3.99. The molecule has 2 aliphatic heterocycles. The Morgan fingerprint density at radius 3 is 3.04 bits per heavy atom. The molecule has 0 saturated heterocycles. The number of anilines is 2. The minimum atomic E-state index is 0.0192. The fourth-order valence-electron chi connectivity index (χ4n) is 2.21. The van der Waals surface area contributed by atoms with Crippen LogP contribution in [0, 0.1) is 0 Å². The summed E-state index contributed by atoms with van der Waals surface area (Å²) in [4.78, 5) is 4.90. The summed E-state index contributed by atoms with van der Waals surface area (Å²) in [6, 6.07) is 7.78. The number of halogens is 1. The van der Waals surface area contributed by atoms with Gasteiger partial charge in [-0.05, 0) is 51.9 Å². The highest BCUT2D eigenvalue weighted by Gasteiger charge is 2.16. The van der Waals surface area contributed by atoms with Gasteiger partial charge < -0.3 is 10.4 Å². The topological polar surface area (TPSA) is 60.8 Å². The summed E-state index contributed by atoms with van der Waals surface area (Å²) in [5.41, 5.74) is 2.91. The number of rotatable bonds is 3. The van der Waals surface area contributed by atoms with Crippen molar-refractivity contribution >= 4 is 62.5 Å². The van der Waals surface area contributed by atoms with E-state index in [1.807, 2.05) is 59.2 Å². The number of benzene rings is 1. The van der Waals surface area contributed by atoms with E-state index in [2.05, 4.69) is 30.6 Å². The number of nitrogens with zero attached hydrogens (tertiary/aromatic N) is 3. The van der Waals surface area contributed by atoms with Crippen LogP contribution in [0.4, 0.5) is 10.8 Å². The molecule has 0 fully saturated rings. The number of hydrogen-bond acceptors (Lipinski definition) is 7. The van der Waals surface area contributed by atoms with Crippen molar-refractivity contribution in [2.45, 2.75) is 0 Å². The van der Waals surface area contributed by atoms with Crippen LogP contribution in [0.5, 0.6) is 5.88 Å². The number of nitrogens with one attached hydrogen (secondary N) is 1. The van der Waals surface area contributed by atoms with Crippen molar-refractivity contribution in [1.82, 2.24) is 9.29 Å². The first-order valence-electron chi connectivity index (χ1n) is 7.02. The molecule has 8 heteroatoms. The summed E-state index contributed by atoms with van der Waals surface area (Å²) < 4.78 is 7.06. The Morgan fingerprint density at radius 2 is 2.17 bits per heavy atom. The second-order valence-electron chi connectivity index (χ2n) is 4.98. The van der Waals surface area contributed by atoms with E-state index in [0.717, 1.165) is 21.4 Å². The molecule has 2 aromatic rings. The third kappa shape index (κ3) is 3.12. The Labute approximate surface area is 155 Å². The van der Waals surface area contributed by atoms with Gasteiger partial charge in [0.05, 0.1) is 34.6 Å². The second-order valence-corrected chi connectivity index (χ2v) is 7.64. The number of aromatic hydroxyl groups is 1. The predicted octanol–water partition coefficient (Wildman–Crippen LogP) is 5.10. The molecule has 0 amide bonds. The van der Waals surface area contributed by atoms with Gasteiger partial charge in [-0.3, -0.25) is 4.31 Å². The van der Waals surface area contributed by atoms with Crippen LogP contribution < -0.4 is 5.32 Å². The van der Waals surface area contributed by atoms with E-state index in [1.165, 1.54) is 23.5 Å². The number of thiazole rings is 1. The van der Waals surface area contributed by atoms with Crippen LogP contribution in [-0.2, 0) is 0 Å². The quantitative estimate of drug-likeness (QED) is 0.678. The average Bonchev–Trinajstić information content (AvgIpc) is 3.16. The van der Waals surface area contributed by atoms with E-state index in [0.29, 0.717) is 10.0 Å². The van der Waals surface area contributed by atoms with Gasteiger partial charge in [0.1, 0.15) is 0 Å². The van der Waals surface area contributed by atoms with Crippen LogP contribution in [0.1, 0.15) is 4.88 Å². The first kappa shape index (κ1) is 15.5. The van der Waals surface area contributed by atoms with E-state index in [-0.39, 0.29) is 5.88 Å². The van der Waals surface area contributed by atoms with E-state index in [9.17, 15) is 5.11 Å². The fraction of sp³-hybridized carbons (Fsp3) is 0. The van der Waals surface area contributed by atoms with E-state index in [1.54, 1.807) is 0 Å². The molecule has 1 aromatic heterocycles. The van der Waals surface area contributed by atoms with Gasteiger partial charge >= 0.3 is 0 Å². The van der Waals surface area contributed by atoms with Crippen LogP contribution >= 0.6 is 39.4 Å². The molecular formula is C16H11BrN4OS2. The molecule has 0 radical (unpaired) electrons. The molecule has 4 rings (SSSR count). The molecule has 0 unspecified atom stereocenters. The summed E-state index contributed by atoms with van der Waals surface area (Å²) >= 11 is 6.28. The molecule has 0 saturated carbocycles. The molecule has 0 atom stereocenters. The second kappa shape index (κ2) is 6.46. The number of aromatic nitrogens is 1. The van der Waals surface area contributed by atoms with Crippen molar-refractivity contribution in [3.05, 3.63) is 63.2 Å². The van der Waals surface area contributed by atoms with E-state index < -0.39 is 0 Å². The Balaban J connectivity index is 1.59. The minimum Gasteiger partial charge on any atom is -0.492 e. The first-order chi connectivity index (χ1) is 11.7. The molecule has 1 aromatic carbocycles. The van der Waals surface area contributed by atoms with Gasteiger partial charge in [0.25, 0.3) is 0 Å². The number of fused-ring (bicyclic) bond motifs is 1. The summed E-state index contributed by atoms with van der Waals surface area (Å²) in [6.45, 7) is 0. The SMILES string of the molecule is Oc1nc(Nc2ccccc2Br)sc1C=C1C=CN2SN=CC2=C1. The molecule has 0 aliphatic carbocycles. The lowest BCUT2D eigenvalue weighted by Crippen LogP contribution is -2.06. The third-order valence-electron chi connectivity index (χ3n) is 3.34. The first-order valence-corrected chi connectivity index (χ1v) is 9.36. The number of para-hydroxylation sites is 1. The van der Waals surface area contributed by atoms with Crippen molar-refractivity contribution in [3.63, 3.8) is 0 Å². The summed E-state index contributed by atoms with van der Waals surface area (Å²) in [7, 11) is 0. The maximum atomic E-state index is 10.1. The van der Waals surface area contributed by atoms with Gasteiger partial charge in [-0.1, -0.05) is 23.5 Å². The minimum absolute atomic E-state index is 0.0192.